The summed E-state index contributed by atoms with van der Waals surface area (Å²) in [6.45, 7) is 2.23. The number of anilines is 1. The van der Waals surface area contributed by atoms with Crippen LogP contribution in [0.3, 0.4) is 0 Å². The van der Waals surface area contributed by atoms with Crippen LogP contribution in [0.2, 0.25) is 10.0 Å². The molecule has 150 valence electrons. The normalized spacial score (nSPS) is 10.6. The highest BCUT2D eigenvalue weighted by Gasteiger charge is 2.19. The molecule has 0 bridgehead atoms. The van der Waals surface area contributed by atoms with Crippen LogP contribution in [-0.4, -0.2) is 49.6 Å². The van der Waals surface area contributed by atoms with Crippen LogP contribution in [0, 0.1) is 0 Å². The molecule has 2 amide bonds. The Bertz CT molecular complexity index is 1010. The molecule has 1 aromatic carbocycles. The van der Waals surface area contributed by atoms with Gasteiger partial charge in [-0.1, -0.05) is 30.1 Å². The number of rotatable bonds is 7. The molecular formula is C19H18Cl2N6O2. The summed E-state index contributed by atoms with van der Waals surface area (Å²) in [6, 6.07) is 7.98. The molecule has 1 N–H and O–H groups in total. The zero-order valence-corrected chi connectivity index (χ0v) is 17.1. The number of pyridine rings is 1. The Balaban J connectivity index is 1.74. The van der Waals surface area contributed by atoms with Crippen LogP contribution < -0.4 is 5.32 Å². The third kappa shape index (κ3) is 5.30. The van der Waals surface area contributed by atoms with E-state index >= 15 is 0 Å². The molecule has 0 atom stereocenters. The van der Waals surface area contributed by atoms with E-state index in [2.05, 4.69) is 20.4 Å². The van der Waals surface area contributed by atoms with Crippen molar-refractivity contribution in [3.8, 4) is 5.82 Å². The fraction of sp³-hybridized carbons (Fsp3) is 0.211. The highest BCUT2D eigenvalue weighted by molar-refractivity contribution is 6.36. The number of aromatic nitrogens is 4. The molecular weight excluding hydrogens is 415 g/mol. The zero-order valence-electron chi connectivity index (χ0n) is 15.5. The van der Waals surface area contributed by atoms with Crippen molar-refractivity contribution in [1.82, 2.24) is 24.6 Å². The van der Waals surface area contributed by atoms with Crippen LogP contribution in [0.15, 0.2) is 49.2 Å². The summed E-state index contributed by atoms with van der Waals surface area (Å²) >= 11 is 12.0. The Morgan fingerprint density at radius 1 is 1.21 bits per heavy atom. The van der Waals surface area contributed by atoms with Crippen LogP contribution >= 0.6 is 23.2 Å². The number of nitrogens with zero attached hydrogens (tertiary/aromatic N) is 5. The summed E-state index contributed by atoms with van der Waals surface area (Å²) < 4.78 is 1.45. The molecule has 0 radical (unpaired) electrons. The van der Waals surface area contributed by atoms with Gasteiger partial charge in [-0.2, -0.15) is 5.10 Å². The van der Waals surface area contributed by atoms with E-state index < -0.39 is 0 Å². The van der Waals surface area contributed by atoms with Gasteiger partial charge in [-0.25, -0.2) is 14.6 Å². The van der Waals surface area contributed by atoms with Gasteiger partial charge in [0.15, 0.2) is 5.82 Å². The Labute approximate surface area is 177 Å². The van der Waals surface area contributed by atoms with Crippen LogP contribution in [0.1, 0.15) is 23.7 Å². The lowest BCUT2D eigenvalue weighted by molar-refractivity contribution is -0.116. The second kappa shape index (κ2) is 9.49. The topological polar surface area (TPSA) is 93.0 Å². The first-order chi connectivity index (χ1) is 14.0. The van der Waals surface area contributed by atoms with Crippen LogP contribution in [0.5, 0.6) is 0 Å². The van der Waals surface area contributed by atoms with E-state index in [1.807, 2.05) is 6.92 Å². The lowest BCUT2D eigenvalue weighted by atomic mass is 10.2. The van der Waals surface area contributed by atoms with E-state index in [0.717, 1.165) is 0 Å². The molecule has 2 heterocycles. The summed E-state index contributed by atoms with van der Waals surface area (Å²) in [5.74, 6) is -0.184. The van der Waals surface area contributed by atoms with Crippen molar-refractivity contribution in [2.75, 3.05) is 18.4 Å². The number of hydrogen-bond donors (Lipinski definition) is 1. The molecule has 0 spiro atoms. The third-order valence-corrected chi connectivity index (χ3v) is 4.51. The highest BCUT2D eigenvalue weighted by Crippen LogP contribution is 2.25. The van der Waals surface area contributed by atoms with E-state index in [1.165, 1.54) is 34.5 Å². The summed E-state index contributed by atoms with van der Waals surface area (Å²) in [4.78, 5) is 35.0. The number of amides is 2. The molecule has 0 unspecified atom stereocenters. The molecule has 8 nitrogen and oxygen atoms in total. The number of carbonyl (C=O) groups excluding carboxylic acids is 2. The quantitative estimate of drug-likeness (QED) is 0.616. The molecule has 10 heteroatoms. The van der Waals surface area contributed by atoms with Crippen LogP contribution in [0.25, 0.3) is 5.82 Å². The van der Waals surface area contributed by atoms with Gasteiger partial charge in [-0.15, -0.1) is 0 Å². The Morgan fingerprint density at radius 3 is 2.72 bits per heavy atom. The first-order valence-electron chi connectivity index (χ1n) is 8.83. The van der Waals surface area contributed by atoms with Gasteiger partial charge < -0.3 is 10.2 Å². The van der Waals surface area contributed by atoms with Crippen molar-refractivity contribution in [1.29, 1.82) is 0 Å². The molecule has 3 aromatic rings. The van der Waals surface area contributed by atoms with Gasteiger partial charge in [0.05, 0.1) is 10.7 Å². The fourth-order valence-electron chi connectivity index (χ4n) is 2.66. The average molecular weight is 433 g/mol. The Morgan fingerprint density at radius 2 is 2.03 bits per heavy atom. The first-order valence-corrected chi connectivity index (χ1v) is 9.58. The van der Waals surface area contributed by atoms with Gasteiger partial charge in [0.2, 0.25) is 5.91 Å². The van der Waals surface area contributed by atoms with Crippen molar-refractivity contribution >= 4 is 40.7 Å². The number of halogens is 2. The van der Waals surface area contributed by atoms with Gasteiger partial charge in [0.1, 0.15) is 19.2 Å². The molecule has 29 heavy (non-hydrogen) atoms. The number of hydrogen-bond acceptors (Lipinski definition) is 5. The van der Waals surface area contributed by atoms with Crippen molar-refractivity contribution in [2.24, 2.45) is 0 Å². The lowest BCUT2D eigenvalue weighted by Gasteiger charge is -2.22. The molecule has 0 aliphatic heterocycles. The second-order valence-corrected chi connectivity index (χ2v) is 6.99. The molecule has 2 aromatic heterocycles. The van der Waals surface area contributed by atoms with E-state index in [1.54, 1.807) is 24.3 Å². The highest BCUT2D eigenvalue weighted by atomic mass is 35.5. The van der Waals surface area contributed by atoms with E-state index in [0.29, 0.717) is 40.1 Å². The number of carbonyl (C=O) groups is 2. The van der Waals surface area contributed by atoms with Gasteiger partial charge in [-0.3, -0.25) is 9.59 Å². The van der Waals surface area contributed by atoms with Crippen molar-refractivity contribution in [2.45, 2.75) is 13.3 Å². The summed E-state index contributed by atoms with van der Waals surface area (Å²) in [7, 11) is 0. The smallest absolute Gasteiger partial charge is 0.254 e. The Kier molecular flexibility index (Phi) is 6.79. The monoisotopic (exact) mass is 432 g/mol. The zero-order chi connectivity index (χ0) is 20.8. The van der Waals surface area contributed by atoms with E-state index in [-0.39, 0.29) is 18.4 Å². The van der Waals surface area contributed by atoms with Crippen LogP contribution in [-0.2, 0) is 4.79 Å². The summed E-state index contributed by atoms with van der Waals surface area (Å²) in [5, 5.41) is 7.51. The molecule has 0 fully saturated rings. The van der Waals surface area contributed by atoms with E-state index in [4.69, 9.17) is 23.2 Å². The van der Waals surface area contributed by atoms with Gasteiger partial charge in [0, 0.05) is 23.3 Å². The molecule has 0 saturated heterocycles. The maximum Gasteiger partial charge on any atom is 0.254 e. The maximum atomic E-state index is 13.0. The van der Waals surface area contributed by atoms with Gasteiger partial charge >= 0.3 is 0 Å². The maximum absolute atomic E-state index is 13.0. The third-order valence-electron chi connectivity index (χ3n) is 3.97. The van der Waals surface area contributed by atoms with Gasteiger partial charge in [-0.05, 0) is 36.8 Å². The van der Waals surface area contributed by atoms with Crippen molar-refractivity contribution in [3.05, 3.63) is 64.8 Å². The number of benzene rings is 1. The molecule has 0 aliphatic rings. The van der Waals surface area contributed by atoms with Crippen LogP contribution in [0.4, 0.5) is 5.69 Å². The largest absolute Gasteiger partial charge is 0.329 e. The molecule has 3 rings (SSSR count). The number of nitrogens with one attached hydrogen (secondary N) is 1. The van der Waals surface area contributed by atoms with E-state index in [9.17, 15) is 9.59 Å². The molecule has 0 aliphatic carbocycles. The Hall–Kier alpha value is -2.97. The fourth-order valence-corrected chi connectivity index (χ4v) is 3.12. The summed E-state index contributed by atoms with van der Waals surface area (Å²) in [5.41, 5.74) is 0.832. The predicted octanol–water partition coefficient (Wildman–Crippen LogP) is 3.46. The van der Waals surface area contributed by atoms with Crippen molar-refractivity contribution < 1.29 is 9.59 Å². The minimum absolute atomic E-state index is 0.118. The minimum Gasteiger partial charge on any atom is -0.329 e. The lowest BCUT2D eigenvalue weighted by Crippen LogP contribution is -2.38. The summed E-state index contributed by atoms with van der Waals surface area (Å²) in [6.07, 6.45) is 5.08. The molecule has 0 saturated carbocycles. The average Bonchev–Trinajstić information content (AvgIpc) is 3.24. The standard InChI is InChI=1S/C19H18Cl2N6O2/c1-2-7-26(10-18(28)25-16-4-3-14(20)9-15(16)21)19(29)13-5-6-23-17(8-13)27-12-22-11-24-27/h3-6,8-9,11-12H,2,7,10H2,1H3,(H,25,28). The predicted molar refractivity (Wildman–Crippen MR) is 110 cm³/mol. The van der Waals surface area contributed by atoms with Gasteiger partial charge in [0.25, 0.3) is 5.91 Å². The van der Waals surface area contributed by atoms with Crippen molar-refractivity contribution in [3.63, 3.8) is 0 Å². The minimum atomic E-state index is -0.360. The SMILES string of the molecule is CCCN(CC(=O)Nc1ccc(Cl)cc1Cl)C(=O)c1ccnc(-n2cncn2)c1. The second-order valence-electron chi connectivity index (χ2n) is 6.14. The first kappa shape index (κ1) is 20.8.